The zero-order valence-electron chi connectivity index (χ0n) is 6.41. The fourth-order valence-corrected chi connectivity index (χ4v) is 0.542. The Hall–Kier alpha value is 0.250. The topological polar surface area (TPSA) is 9.23 Å². The number of hydrogen-bond donors (Lipinski definition) is 0. The average molecular weight is 151 g/mol. The van der Waals surface area contributed by atoms with E-state index in [4.69, 9.17) is 16.3 Å². The molecule has 0 heterocycles. The van der Waals surface area contributed by atoms with Crippen molar-refractivity contribution in [3.8, 4) is 0 Å². The van der Waals surface area contributed by atoms with E-state index < -0.39 is 0 Å². The molecule has 0 atom stereocenters. The quantitative estimate of drug-likeness (QED) is 0.443. The molecule has 0 aliphatic heterocycles. The van der Waals surface area contributed by atoms with E-state index >= 15 is 0 Å². The highest BCUT2D eigenvalue weighted by molar-refractivity contribution is 6.17. The van der Waals surface area contributed by atoms with Gasteiger partial charge in [0.1, 0.15) is 0 Å². The molecule has 2 heteroatoms. The van der Waals surface area contributed by atoms with Gasteiger partial charge in [0.15, 0.2) is 0 Å². The number of rotatable bonds is 3. The molecule has 0 saturated heterocycles. The van der Waals surface area contributed by atoms with Crippen LogP contribution in [-0.4, -0.2) is 19.1 Å². The molecule has 56 valence electrons. The Morgan fingerprint density at radius 3 is 2.22 bits per heavy atom. The molecule has 0 N–H and O–H groups in total. The molecule has 0 amide bonds. The van der Waals surface area contributed by atoms with E-state index in [9.17, 15) is 0 Å². The Labute approximate surface area is 62.3 Å². The van der Waals surface area contributed by atoms with Crippen molar-refractivity contribution in [2.24, 2.45) is 5.41 Å². The van der Waals surface area contributed by atoms with Crippen LogP contribution in [0.3, 0.4) is 0 Å². The Bertz CT molecular complexity index is 65.8. The van der Waals surface area contributed by atoms with Crippen LogP contribution < -0.4 is 0 Å². The zero-order valence-corrected chi connectivity index (χ0v) is 7.16. The van der Waals surface area contributed by atoms with Crippen LogP contribution >= 0.6 is 11.6 Å². The summed E-state index contributed by atoms with van der Waals surface area (Å²) in [6.07, 6.45) is 0. The standard InChI is InChI=1S/C7H15ClO/c1-7(2,3)6-9-5-4-8/h4-6H2,1-3H3. The normalized spacial score (nSPS) is 12.0. The van der Waals surface area contributed by atoms with Crippen molar-refractivity contribution in [2.75, 3.05) is 19.1 Å². The summed E-state index contributed by atoms with van der Waals surface area (Å²) < 4.78 is 5.22. The van der Waals surface area contributed by atoms with E-state index in [1.54, 1.807) is 0 Å². The third-order valence-corrected chi connectivity index (χ3v) is 0.911. The lowest BCUT2D eigenvalue weighted by Crippen LogP contribution is -2.15. The second kappa shape index (κ2) is 4.13. The summed E-state index contributed by atoms with van der Waals surface area (Å²) in [6, 6.07) is 0. The minimum Gasteiger partial charge on any atom is -0.380 e. The van der Waals surface area contributed by atoms with Gasteiger partial charge in [0.2, 0.25) is 0 Å². The molecule has 0 spiro atoms. The maximum Gasteiger partial charge on any atom is 0.0602 e. The van der Waals surface area contributed by atoms with Crippen LogP contribution in [0.5, 0.6) is 0 Å². The van der Waals surface area contributed by atoms with E-state index in [1.807, 2.05) is 0 Å². The van der Waals surface area contributed by atoms with Gasteiger partial charge in [-0.2, -0.15) is 0 Å². The van der Waals surface area contributed by atoms with Crippen molar-refractivity contribution in [1.82, 2.24) is 0 Å². The minimum atomic E-state index is 0.270. The SMILES string of the molecule is CC(C)(C)COCCCl. The van der Waals surface area contributed by atoms with Gasteiger partial charge in [-0.15, -0.1) is 11.6 Å². The van der Waals surface area contributed by atoms with Crippen molar-refractivity contribution in [2.45, 2.75) is 20.8 Å². The largest absolute Gasteiger partial charge is 0.380 e. The Kier molecular flexibility index (Phi) is 4.24. The number of halogens is 1. The highest BCUT2D eigenvalue weighted by atomic mass is 35.5. The molecule has 0 aromatic rings. The maximum atomic E-state index is 5.41. The number of alkyl halides is 1. The number of hydrogen-bond acceptors (Lipinski definition) is 1. The molecule has 0 aliphatic rings. The fourth-order valence-electron chi connectivity index (χ4n) is 0.433. The zero-order chi connectivity index (χ0) is 7.33. The molecule has 0 aromatic heterocycles. The predicted octanol–water partition coefficient (Wildman–Crippen LogP) is 2.29. The van der Waals surface area contributed by atoms with Crippen molar-refractivity contribution >= 4 is 11.6 Å². The Morgan fingerprint density at radius 1 is 1.33 bits per heavy atom. The van der Waals surface area contributed by atoms with E-state index in [1.165, 1.54) is 0 Å². The molecular weight excluding hydrogens is 136 g/mol. The summed E-state index contributed by atoms with van der Waals surface area (Å²) in [4.78, 5) is 0. The van der Waals surface area contributed by atoms with E-state index in [0.717, 1.165) is 6.61 Å². The van der Waals surface area contributed by atoms with Gasteiger partial charge in [-0.25, -0.2) is 0 Å². The number of ether oxygens (including phenoxy) is 1. The summed E-state index contributed by atoms with van der Waals surface area (Å²) in [5.74, 6) is 0.593. The Balaban J connectivity index is 3.07. The third-order valence-electron chi connectivity index (χ3n) is 0.757. The van der Waals surface area contributed by atoms with Crippen LogP contribution in [0, 0.1) is 5.41 Å². The second-order valence-electron chi connectivity index (χ2n) is 3.30. The molecule has 0 saturated carbocycles. The van der Waals surface area contributed by atoms with Crippen molar-refractivity contribution in [3.05, 3.63) is 0 Å². The van der Waals surface area contributed by atoms with Gasteiger partial charge in [0.05, 0.1) is 13.2 Å². The van der Waals surface area contributed by atoms with Gasteiger partial charge in [0.25, 0.3) is 0 Å². The first-order valence-corrected chi connectivity index (χ1v) is 3.73. The van der Waals surface area contributed by atoms with Crippen molar-refractivity contribution in [1.29, 1.82) is 0 Å². The van der Waals surface area contributed by atoms with Crippen LogP contribution in [0.25, 0.3) is 0 Å². The average Bonchev–Trinajstić information content (AvgIpc) is 1.63. The Morgan fingerprint density at radius 2 is 1.89 bits per heavy atom. The van der Waals surface area contributed by atoms with Gasteiger partial charge >= 0.3 is 0 Å². The van der Waals surface area contributed by atoms with Crippen LogP contribution in [0.4, 0.5) is 0 Å². The molecule has 0 unspecified atom stereocenters. The van der Waals surface area contributed by atoms with Crippen LogP contribution in [0.2, 0.25) is 0 Å². The summed E-state index contributed by atoms with van der Waals surface area (Å²) in [5.41, 5.74) is 0.270. The second-order valence-corrected chi connectivity index (χ2v) is 3.68. The van der Waals surface area contributed by atoms with Crippen molar-refractivity contribution in [3.63, 3.8) is 0 Å². The molecular formula is C7H15ClO. The van der Waals surface area contributed by atoms with E-state index in [-0.39, 0.29) is 5.41 Å². The van der Waals surface area contributed by atoms with E-state index in [0.29, 0.717) is 12.5 Å². The van der Waals surface area contributed by atoms with Gasteiger partial charge in [-0.3, -0.25) is 0 Å². The lowest BCUT2D eigenvalue weighted by atomic mass is 9.99. The molecule has 0 fully saturated rings. The molecule has 1 nitrogen and oxygen atoms in total. The molecule has 0 aliphatic carbocycles. The van der Waals surface area contributed by atoms with E-state index in [2.05, 4.69) is 20.8 Å². The summed E-state index contributed by atoms with van der Waals surface area (Å²) in [6.45, 7) is 7.88. The minimum absolute atomic E-state index is 0.270. The highest BCUT2D eigenvalue weighted by Crippen LogP contribution is 2.12. The predicted molar refractivity (Wildman–Crippen MR) is 41.0 cm³/mol. The lowest BCUT2D eigenvalue weighted by molar-refractivity contribution is 0.0818. The lowest BCUT2D eigenvalue weighted by Gasteiger charge is -2.17. The smallest absolute Gasteiger partial charge is 0.0602 e. The molecule has 9 heavy (non-hydrogen) atoms. The highest BCUT2D eigenvalue weighted by Gasteiger charge is 2.08. The molecule has 0 radical (unpaired) electrons. The first kappa shape index (κ1) is 9.25. The first-order chi connectivity index (χ1) is 4.06. The molecule has 0 aromatic carbocycles. The summed E-state index contributed by atoms with van der Waals surface area (Å²) in [5, 5.41) is 0. The molecule has 0 bridgehead atoms. The van der Waals surface area contributed by atoms with Crippen LogP contribution in [-0.2, 0) is 4.74 Å². The van der Waals surface area contributed by atoms with Gasteiger partial charge < -0.3 is 4.74 Å². The summed E-state index contributed by atoms with van der Waals surface area (Å²) >= 11 is 5.41. The van der Waals surface area contributed by atoms with Gasteiger partial charge in [-0.05, 0) is 5.41 Å². The van der Waals surface area contributed by atoms with Crippen molar-refractivity contribution < 1.29 is 4.74 Å². The first-order valence-electron chi connectivity index (χ1n) is 3.20. The maximum absolute atomic E-state index is 5.41. The summed E-state index contributed by atoms with van der Waals surface area (Å²) in [7, 11) is 0. The fraction of sp³-hybridized carbons (Fsp3) is 1.00. The van der Waals surface area contributed by atoms with Gasteiger partial charge in [-0.1, -0.05) is 20.8 Å². The van der Waals surface area contributed by atoms with Crippen LogP contribution in [0.15, 0.2) is 0 Å². The third kappa shape index (κ3) is 8.25. The van der Waals surface area contributed by atoms with Gasteiger partial charge in [0, 0.05) is 5.88 Å². The monoisotopic (exact) mass is 150 g/mol. The molecule has 0 rings (SSSR count). The van der Waals surface area contributed by atoms with Crippen LogP contribution in [0.1, 0.15) is 20.8 Å².